The fourth-order valence-corrected chi connectivity index (χ4v) is 3.98. The number of aromatic amines is 1. The Balaban J connectivity index is 1.65. The van der Waals surface area contributed by atoms with Crippen molar-refractivity contribution in [3.8, 4) is 5.75 Å². The quantitative estimate of drug-likeness (QED) is 0.890. The van der Waals surface area contributed by atoms with Gasteiger partial charge < -0.3 is 19.9 Å². The number of H-pyrrole nitrogens is 1. The molecule has 0 unspecified atom stereocenters. The highest BCUT2D eigenvalue weighted by molar-refractivity contribution is 6.31. The zero-order chi connectivity index (χ0) is 16.8. The fraction of sp³-hybridized carbons (Fsp3) is 0.412. The first-order valence-electron chi connectivity index (χ1n) is 8.03. The van der Waals surface area contributed by atoms with Crippen molar-refractivity contribution in [3.63, 3.8) is 0 Å². The van der Waals surface area contributed by atoms with E-state index in [0.29, 0.717) is 18.1 Å². The molecular weight excluding hydrogens is 330 g/mol. The summed E-state index contributed by atoms with van der Waals surface area (Å²) in [6.45, 7) is 0.659. The maximum Gasteiger partial charge on any atom is 0.246 e. The van der Waals surface area contributed by atoms with Gasteiger partial charge >= 0.3 is 0 Å². The van der Waals surface area contributed by atoms with Gasteiger partial charge in [-0.15, -0.1) is 0 Å². The number of ether oxygens (including phenoxy) is 1. The number of halogens is 1. The van der Waals surface area contributed by atoms with Crippen LogP contribution in [0.25, 0.3) is 10.9 Å². The molecule has 2 amide bonds. The minimum Gasteiger partial charge on any atom is -0.497 e. The van der Waals surface area contributed by atoms with Gasteiger partial charge in [-0.1, -0.05) is 11.6 Å². The Labute approximate surface area is 144 Å². The average molecular weight is 348 g/mol. The molecule has 1 aromatic carbocycles. The summed E-state index contributed by atoms with van der Waals surface area (Å²) in [6, 6.07) is 4.78. The second kappa shape index (κ2) is 5.70. The molecule has 1 aromatic heterocycles. The Bertz CT molecular complexity index is 832. The first-order chi connectivity index (χ1) is 11.6. The fourth-order valence-electron chi connectivity index (χ4n) is 3.70. The van der Waals surface area contributed by atoms with Crippen LogP contribution in [0, 0.1) is 0 Å². The number of piperazine rings is 1. The molecule has 0 bridgehead atoms. The van der Waals surface area contributed by atoms with E-state index in [1.807, 2.05) is 18.2 Å². The van der Waals surface area contributed by atoms with Crippen molar-refractivity contribution in [3.05, 3.63) is 28.9 Å². The topological polar surface area (TPSA) is 74.4 Å². The number of carbonyl (C=O) groups excluding carboxylic acids is 2. The third-order valence-corrected chi connectivity index (χ3v) is 5.25. The van der Waals surface area contributed by atoms with Gasteiger partial charge in [0.05, 0.1) is 12.6 Å². The van der Waals surface area contributed by atoms with E-state index < -0.39 is 6.04 Å². The molecule has 3 heterocycles. The van der Waals surface area contributed by atoms with Gasteiger partial charge in [0.15, 0.2) is 0 Å². The molecule has 2 aliphatic heterocycles. The summed E-state index contributed by atoms with van der Waals surface area (Å²) in [4.78, 5) is 29.7. The number of carbonyl (C=O) groups is 2. The molecular formula is C17H18ClN3O3. The third kappa shape index (κ3) is 2.33. The lowest BCUT2D eigenvalue weighted by Gasteiger charge is -2.34. The van der Waals surface area contributed by atoms with Crippen LogP contribution >= 0.6 is 11.6 Å². The monoisotopic (exact) mass is 347 g/mol. The van der Waals surface area contributed by atoms with Crippen LogP contribution in [0.5, 0.6) is 5.75 Å². The largest absolute Gasteiger partial charge is 0.497 e. The van der Waals surface area contributed by atoms with E-state index in [9.17, 15) is 9.59 Å². The van der Waals surface area contributed by atoms with E-state index in [-0.39, 0.29) is 17.9 Å². The number of rotatable bonds is 3. The minimum atomic E-state index is -0.564. The number of nitrogens with one attached hydrogen (secondary N) is 2. The summed E-state index contributed by atoms with van der Waals surface area (Å²) in [5, 5.41) is 4.29. The summed E-state index contributed by atoms with van der Waals surface area (Å²) < 4.78 is 5.22. The van der Waals surface area contributed by atoms with Gasteiger partial charge in [0.25, 0.3) is 0 Å². The average Bonchev–Trinajstić information content (AvgIpc) is 3.17. The Hall–Kier alpha value is -2.21. The van der Waals surface area contributed by atoms with Crippen LogP contribution < -0.4 is 10.1 Å². The van der Waals surface area contributed by atoms with Crippen molar-refractivity contribution < 1.29 is 14.3 Å². The second-order valence-electron chi connectivity index (χ2n) is 6.28. The maximum absolute atomic E-state index is 12.7. The van der Waals surface area contributed by atoms with Gasteiger partial charge in [0, 0.05) is 24.4 Å². The summed E-state index contributed by atoms with van der Waals surface area (Å²) in [5.41, 5.74) is 1.69. The Morgan fingerprint density at radius 2 is 2.21 bits per heavy atom. The summed E-state index contributed by atoms with van der Waals surface area (Å²) in [5.74, 6) is 0.652. The molecule has 126 valence electrons. The van der Waals surface area contributed by atoms with Gasteiger partial charge in [-0.05, 0) is 30.5 Å². The highest BCUT2D eigenvalue weighted by atomic mass is 35.5. The lowest BCUT2D eigenvalue weighted by atomic mass is 10.0. The van der Waals surface area contributed by atoms with E-state index in [2.05, 4.69) is 10.3 Å². The van der Waals surface area contributed by atoms with E-state index in [0.717, 1.165) is 35.1 Å². The number of methoxy groups -OCH3 is 1. The molecule has 0 radical (unpaired) electrons. The van der Waals surface area contributed by atoms with Crippen molar-refractivity contribution in [2.45, 2.75) is 31.3 Å². The van der Waals surface area contributed by atoms with Crippen molar-refractivity contribution in [2.75, 3.05) is 13.7 Å². The van der Waals surface area contributed by atoms with Gasteiger partial charge in [-0.25, -0.2) is 0 Å². The molecule has 6 nitrogen and oxygen atoms in total. The number of aromatic nitrogens is 1. The predicted molar refractivity (Wildman–Crippen MR) is 90.2 cm³/mol. The summed E-state index contributed by atoms with van der Waals surface area (Å²) in [7, 11) is 1.61. The molecule has 24 heavy (non-hydrogen) atoms. The van der Waals surface area contributed by atoms with Gasteiger partial charge in [0.1, 0.15) is 23.0 Å². The SMILES string of the molecule is COc1ccc2c(C[C@@H]3NC(=O)[C@@H]4CCCN4C3=O)c(Cl)[nH]c2c1. The van der Waals surface area contributed by atoms with E-state index in [4.69, 9.17) is 16.3 Å². The van der Waals surface area contributed by atoms with Crippen LogP contribution in [-0.2, 0) is 16.0 Å². The van der Waals surface area contributed by atoms with Gasteiger partial charge in [-0.2, -0.15) is 0 Å². The smallest absolute Gasteiger partial charge is 0.246 e. The number of hydrogen-bond acceptors (Lipinski definition) is 3. The number of hydrogen-bond donors (Lipinski definition) is 2. The molecule has 0 aliphatic carbocycles. The minimum absolute atomic E-state index is 0.0176. The second-order valence-corrected chi connectivity index (χ2v) is 6.66. The van der Waals surface area contributed by atoms with Crippen molar-refractivity contribution >= 4 is 34.3 Å². The molecule has 7 heteroatoms. The first-order valence-corrected chi connectivity index (χ1v) is 8.41. The van der Waals surface area contributed by atoms with Crippen LogP contribution in [0.2, 0.25) is 5.15 Å². The highest BCUT2D eigenvalue weighted by Crippen LogP contribution is 2.31. The van der Waals surface area contributed by atoms with Crippen LogP contribution in [0.4, 0.5) is 0 Å². The van der Waals surface area contributed by atoms with Gasteiger partial charge in [0.2, 0.25) is 11.8 Å². The Morgan fingerprint density at radius 3 is 3.00 bits per heavy atom. The number of benzene rings is 1. The lowest BCUT2D eigenvalue weighted by molar-refractivity contribution is -0.146. The van der Waals surface area contributed by atoms with Gasteiger partial charge in [-0.3, -0.25) is 9.59 Å². The molecule has 2 aliphatic rings. The van der Waals surface area contributed by atoms with Crippen LogP contribution in [0.3, 0.4) is 0 Å². The molecule has 4 rings (SSSR count). The number of fused-ring (bicyclic) bond motifs is 2. The van der Waals surface area contributed by atoms with Crippen molar-refractivity contribution in [1.82, 2.24) is 15.2 Å². The van der Waals surface area contributed by atoms with Crippen LogP contribution in [0.15, 0.2) is 18.2 Å². The molecule has 2 aromatic rings. The lowest BCUT2D eigenvalue weighted by Crippen LogP contribution is -2.61. The summed E-state index contributed by atoms with van der Waals surface area (Å²) in [6.07, 6.45) is 2.00. The van der Waals surface area contributed by atoms with Crippen molar-refractivity contribution in [1.29, 1.82) is 0 Å². The molecule has 2 N–H and O–H groups in total. The molecule has 2 atom stereocenters. The normalized spacial score (nSPS) is 23.5. The maximum atomic E-state index is 12.7. The zero-order valence-electron chi connectivity index (χ0n) is 13.3. The number of nitrogens with zero attached hydrogens (tertiary/aromatic N) is 1. The van der Waals surface area contributed by atoms with E-state index >= 15 is 0 Å². The van der Waals surface area contributed by atoms with Crippen LogP contribution in [-0.4, -0.2) is 47.4 Å². The summed E-state index contributed by atoms with van der Waals surface area (Å²) >= 11 is 6.34. The predicted octanol–water partition coefficient (Wildman–Crippen LogP) is 1.86. The molecule has 0 spiro atoms. The van der Waals surface area contributed by atoms with E-state index in [1.54, 1.807) is 12.0 Å². The molecule has 2 saturated heterocycles. The Kier molecular flexibility index (Phi) is 3.64. The first kappa shape index (κ1) is 15.3. The van der Waals surface area contributed by atoms with E-state index in [1.165, 1.54) is 0 Å². The Morgan fingerprint density at radius 1 is 1.38 bits per heavy atom. The van der Waals surface area contributed by atoms with Crippen molar-refractivity contribution in [2.24, 2.45) is 0 Å². The third-order valence-electron chi connectivity index (χ3n) is 4.92. The standard InChI is InChI=1S/C17H18ClN3O3/c1-24-9-4-5-10-11(15(18)19-12(10)7-9)8-13-17(23)21-6-2-3-14(21)16(22)20-13/h4-5,7,13-14,19H,2-3,6,8H2,1H3,(H,20,22)/t13-,14-/m0/s1. The number of amides is 2. The zero-order valence-corrected chi connectivity index (χ0v) is 14.0. The van der Waals surface area contributed by atoms with Crippen LogP contribution in [0.1, 0.15) is 18.4 Å². The molecule has 0 saturated carbocycles. The highest BCUT2D eigenvalue weighted by Gasteiger charge is 2.43. The molecule has 2 fully saturated rings.